The summed E-state index contributed by atoms with van der Waals surface area (Å²) in [6, 6.07) is 13.3. The number of halogens is 1. The van der Waals surface area contributed by atoms with Crippen molar-refractivity contribution in [1.29, 1.82) is 5.26 Å². The van der Waals surface area contributed by atoms with Crippen molar-refractivity contribution in [3.63, 3.8) is 0 Å². The standard InChI is InChI=1S/C28H28FN9OS/c1-17-18(14-30)4-2-6-21(17)27-33-25(24(29)26(31)34-27)23-16-37(36-35-23)15-20-5-3-7-22(32-20)19-12-28(13-19)8-10-38(40-39)11-9-28/h2-7,16,19,40H,8-13,15H2,1H3,(H2,31,33,34). The van der Waals surface area contributed by atoms with E-state index in [0.29, 0.717) is 34.6 Å². The second-order valence-corrected chi connectivity index (χ2v) is 11.4. The number of nitrogen functional groups attached to an aromatic ring is 1. The Morgan fingerprint density at radius 1 is 1.15 bits per heavy atom. The highest BCUT2D eigenvalue weighted by molar-refractivity contribution is 7.63. The van der Waals surface area contributed by atoms with Gasteiger partial charge in [0, 0.05) is 30.3 Å². The van der Waals surface area contributed by atoms with Crippen molar-refractivity contribution in [2.75, 3.05) is 18.8 Å². The van der Waals surface area contributed by atoms with Crippen LogP contribution in [-0.4, -0.2) is 51.5 Å². The molecular formula is C28H28FN9OS. The predicted molar refractivity (Wildman–Crippen MR) is 148 cm³/mol. The Bertz CT molecular complexity index is 1630. The van der Waals surface area contributed by atoms with Crippen LogP contribution in [0.25, 0.3) is 22.8 Å². The van der Waals surface area contributed by atoms with Crippen LogP contribution in [0.3, 0.4) is 0 Å². The number of nitrogens with two attached hydrogens (primary N) is 1. The molecule has 2 N–H and O–H groups in total. The van der Waals surface area contributed by atoms with Gasteiger partial charge < -0.3 is 5.73 Å². The SMILES string of the molecule is Cc1c(C#N)cccc1-c1nc(N)c(F)c(-c2cn(Cc3cccc(C4CC5(CCN([SH]=O)CC5)C4)n3)nn2)n1. The molecule has 10 nitrogen and oxygen atoms in total. The smallest absolute Gasteiger partial charge is 0.193 e. The first-order valence-electron chi connectivity index (χ1n) is 13.2. The van der Waals surface area contributed by atoms with Crippen LogP contribution in [0.5, 0.6) is 0 Å². The van der Waals surface area contributed by atoms with Crippen molar-refractivity contribution in [2.45, 2.75) is 45.1 Å². The number of aromatic nitrogens is 6. The minimum atomic E-state index is -0.774. The molecule has 4 heterocycles. The highest BCUT2D eigenvalue weighted by atomic mass is 32.2. The maximum atomic E-state index is 15.0. The molecular weight excluding hydrogens is 529 g/mol. The summed E-state index contributed by atoms with van der Waals surface area (Å²) in [7, 11) is 0. The molecule has 3 aromatic heterocycles. The van der Waals surface area contributed by atoms with Crippen LogP contribution in [0.4, 0.5) is 10.2 Å². The molecule has 1 aliphatic heterocycles. The molecule has 0 atom stereocenters. The van der Waals surface area contributed by atoms with Gasteiger partial charge in [-0.1, -0.05) is 23.4 Å². The van der Waals surface area contributed by atoms with Gasteiger partial charge in [-0.3, -0.25) is 4.98 Å². The van der Waals surface area contributed by atoms with Gasteiger partial charge in [0.15, 0.2) is 17.5 Å². The summed E-state index contributed by atoms with van der Waals surface area (Å²) in [5, 5.41) is 17.7. The number of hydrogen-bond donors (Lipinski definition) is 2. The third kappa shape index (κ3) is 4.87. The van der Waals surface area contributed by atoms with E-state index in [0.717, 1.165) is 50.2 Å². The van der Waals surface area contributed by atoms with E-state index in [4.69, 9.17) is 10.7 Å². The highest BCUT2D eigenvalue weighted by Crippen LogP contribution is 2.56. The quantitative estimate of drug-likeness (QED) is 0.343. The molecule has 1 aliphatic carbocycles. The lowest BCUT2D eigenvalue weighted by Gasteiger charge is -2.51. The normalized spacial score (nSPS) is 17.0. The fourth-order valence-corrected chi connectivity index (χ4v) is 6.23. The summed E-state index contributed by atoms with van der Waals surface area (Å²) < 4.78 is 29.7. The van der Waals surface area contributed by atoms with Crippen LogP contribution in [0.1, 0.15) is 54.1 Å². The summed E-state index contributed by atoms with van der Waals surface area (Å²) in [6.07, 6.45) is 5.98. The van der Waals surface area contributed by atoms with E-state index in [1.54, 1.807) is 36.0 Å². The number of nitrogens with zero attached hydrogens (tertiary/aromatic N) is 8. The van der Waals surface area contributed by atoms with E-state index >= 15 is 4.39 Å². The highest BCUT2D eigenvalue weighted by Gasteiger charge is 2.46. The fourth-order valence-electron chi connectivity index (χ4n) is 5.87. The van der Waals surface area contributed by atoms with Crippen LogP contribution in [0.15, 0.2) is 42.6 Å². The average Bonchev–Trinajstić information content (AvgIpc) is 3.41. The molecule has 0 bridgehead atoms. The third-order valence-corrected chi connectivity index (χ3v) is 8.83. The van der Waals surface area contributed by atoms with E-state index in [1.165, 1.54) is 0 Å². The van der Waals surface area contributed by atoms with Crippen LogP contribution in [0, 0.1) is 29.5 Å². The van der Waals surface area contributed by atoms with Crippen molar-refractivity contribution in [2.24, 2.45) is 5.41 Å². The minimum Gasteiger partial charge on any atom is -0.381 e. The monoisotopic (exact) mass is 557 g/mol. The van der Waals surface area contributed by atoms with Gasteiger partial charge >= 0.3 is 0 Å². The first-order chi connectivity index (χ1) is 19.4. The zero-order valence-corrected chi connectivity index (χ0v) is 22.9. The van der Waals surface area contributed by atoms with Gasteiger partial charge in [0.2, 0.25) is 0 Å². The molecule has 4 aromatic rings. The Hall–Kier alpha value is -4.08. The molecule has 0 unspecified atom stereocenters. The van der Waals surface area contributed by atoms with Crippen LogP contribution in [-0.2, 0) is 18.4 Å². The zero-order chi connectivity index (χ0) is 27.9. The maximum Gasteiger partial charge on any atom is 0.193 e. The van der Waals surface area contributed by atoms with E-state index in [2.05, 4.69) is 32.4 Å². The van der Waals surface area contributed by atoms with E-state index < -0.39 is 5.82 Å². The lowest BCUT2D eigenvalue weighted by Crippen LogP contribution is -2.45. The second-order valence-electron chi connectivity index (χ2n) is 10.7. The first-order valence-corrected chi connectivity index (χ1v) is 13.9. The summed E-state index contributed by atoms with van der Waals surface area (Å²) in [5.41, 5.74) is 10.1. The summed E-state index contributed by atoms with van der Waals surface area (Å²) in [4.78, 5) is 13.4. The Balaban J connectivity index is 1.19. The molecule has 1 saturated carbocycles. The van der Waals surface area contributed by atoms with Gasteiger partial charge in [-0.2, -0.15) is 5.26 Å². The largest absolute Gasteiger partial charge is 0.381 e. The Kier molecular flexibility index (Phi) is 6.85. The second kappa shape index (κ2) is 10.5. The molecule has 2 aliphatic rings. The van der Waals surface area contributed by atoms with Gasteiger partial charge in [-0.05, 0) is 61.8 Å². The third-order valence-electron chi connectivity index (χ3n) is 8.20. The topological polar surface area (TPSA) is 140 Å². The van der Waals surface area contributed by atoms with Crippen molar-refractivity contribution in [3.8, 4) is 28.8 Å². The van der Waals surface area contributed by atoms with Crippen LogP contribution >= 0.6 is 0 Å². The number of rotatable bonds is 6. The number of hydrogen-bond acceptors (Lipinski definition) is 8. The molecule has 204 valence electrons. The van der Waals surface area contributed by atoms with Gasteiger partial charge in [0.05, 0.1) is 41.9 Å². The van der Waals surface area contributed by atoms with E-state index in [1.807, 2.05) is 16.4 Å². The number of nitriles is 1. The summed E-state index contributed by atoms with van der Waals surface area (Å²) >= 11 is 0.126. The van der Waals surface area contributed by atoms with E-state index in [-0.39, 0.29) is 34.9 Å². The Labute approximate surface area is 234 Å². The number of pyridine rings is 1. The molecule has 2 fully saturated rings. The molecule has 12 heteroatoms. The Morgan fingerprint density at radius 3 is 2.67 bits per heavy atom. The van der Waals surface area contributed by atoms with Gasteiger partial charge in [-0.25, -0.2) is 27.6 Å². The summed E-state index contributed by atoms with van der Waals surface area (Å²) in [6.45, 7) is 3.92. The molecule has 1 aromatic carbocycles. The van der Waals surface area contributed by atoms with Crippen molar-refractivity contribution < 1.29 is 8.60 Å². The number of anilines is 1. The first kappa shape index (κ1) is 26.2. The van der Waals surface area contributed by atoms with Crippen molar-refractivity contribution >= 4 is 17.7 Å². The van der Waals surface area contributed by atoms with Crippen molar-refractivity contribution in [1.82, 2.24) is 34.3 Å². The van der Waals surface area contributed by atoms with E-state index in [9.17, 15) is 9.47 Å². The number of piperidine rings is 1. The van der Waals surface area contributed by atoms with Gasteiger partial charge in [0.25, 0.3) is 0 Å². The molecule has 0 amide bonds. The van der Waals surface area contributed by atoms with Gasteiger partial charge in [-0.15, -0.1) is 5.10 Å². The lowest BCUT2D eigenvalue weighted by atomic mass is 9.57. The zero-order valence-electron chi connectivity index (χ0n) is 22.0. The van der Waals surface area contributed by atoms with Crippen LogP contribution in [0.2, 0.25) is 0 Å². The van der Waals surface area contributed by atoms with Crippen LogP contribution < -0.4 is 5.73 Å². The molecule has 6 rings (SSSR count). The van der Waals surface area contributed by atoms with Gasteiger partial charge in [0.1, 0.15) is 11.4 Å². The molecule has 1 spiro atoms. The Morgan fingerprint density at radius 2 is 1.93 bits per heavy atom. The maximum absolute atomic E-state index is 15.0. The predicted octanol–water partition coefficient (Wildman–Crippen LogP) is 3.57. The average molecular weight is 558 g/mol. The lowest BCUT2D eigenvalue weighted by molar-refractivity contribution is 0.0390. The number of benzene rings is 1. The molecule has 1 saturated heterocycles. The summed E-state index contributed by atoms with van der Waals surface area (Å²) in [5.74, 6) is -0.446. The molecule has 0 radical (unpaired) electrons. The number of thiol groups is 1. The minimum absolute atomic E-state index is 0.0560. The molecule has 40 heavy (non-hydrogen) atoms. The fraction of sp³-hybridized carbons (Fsp3) is 0.357. The van der Waals surface area contributed by atoms with Crippen molar-refractivity contribution in [3.05, 3.63) is 70.9 Å².